The van der Waals surface area contributed by atoms with Crippen molar-refractivity contribution in [2.45, 2.75) is 50.0 Å². The van der Waals surface area contributed by atoms with E-state index < -0.39 is 11.9 Å². The van der Waals surface area contributed by atoms with Crippen molar-refractivity contribution in [2.75, 3.05) is 63.9 Å². The number of anilines is 1. The van der Waals surface area contributed by atoms with E-state index in [4.69, 9.17) is 4.74 Å². The number of aryl methyl sites for hydroxylation is 1. The van der Waals surface area contributed by atoms with Gasteiger partial charge in [0, 0.05) is 63.1 Å². The minimum Gasteiger partial charge on any atom is -0.508 e. The molecule has 0 bridgehead atoms. The predicted molar refractivity (Wildman–Crippen MR) is 220 cm³/mol. The SMILES string of the molecule is C=C1CCC(N2C(=O)c3ccc(N4CCN(CCC5CN(CCOc6ccc([C@H]7c8ccc(O)cc8CC[C@H]7c7ccccc7)cc6)C5)CC4)cc3C2=O)C(=O)N1. The highest BCUT2D eigenvalue weighted by atomic mass is 16.5. The highest BCUT2D eigenvalue weighted by Gasteiger charge is 2.44. The fraction of sp³-hybridized carbons (Fsp3) is 0.383. The summed E-state index contributed by atoms with van der Waals surface area (Å²) in [4.78, 5) is 47.5. The Bertz CT molecular complexity index is 2160. The molecule has 2 N–H and O–H groups in total. The third-order valence-corrected chi connectivity index (χ3v) is 12.9. The number of carbonyl (C=O) groups is 3. The normalized spacial score (nSPS) is 22.9. The Labute approximate surface area is 334 Å². The van der Waals surface area contributed by atoms with Crippen LogP contribution in [-0.4, -0.2) is 103 Å². The number of fused-ring (bicyclic) bond motifs is 2. The molecular weight excluding hydrogens is 715 g/mol. The molecule has 9 rings (SSSR count). The molecule has 3 atom stereocenters. The number of benzene rings is 4. The van der Waals surface area contributed by atoms with Crippen LogP contribution in [0.2, 0.25) is 0 Å². The molecule has 4 heterocycles. The molecule has 4 aliphatic heterocycles. The van der Waals surface area contributed by atoms with Gasteiger partial charge in [0.2, 0.25) is 5.91 Å². The number of nitrogens with zero attached hydrogens (tertiary/aromatic N) is 4. The summed E-state index contributed by atoms with van der Waals surface area (Å²) in [5, 5.41) is 12.9. The minimum absolute atomic E-state index is 0.227. The van der Waals surface area contributed by atoms with Crippen molar-refractivity contribution in [3.8, 4) is 11.5 Å². The van der Waals surface area contributed by atoms with Crippen LogP contribution in [0, 0.1) is 5.92 Å². The number of hydrogen-bond acceptors (Lipinski definition) is 8. The lowest BCUT2D eigenvalue weighted by molar-refractivity contribution is -0.125. The Balaban J connectivity index is 0.706. The largest absolute Gasteiger partial charge is 0.508 e. The monoisotopic (exact) mass is 765 g/mol. The maximum atomic E-state index is 13.4. The molecule has 4 aromatic carbocycles. The molecule has 3 amide bonds. The molecule has 5 aliphatic rings. The van der Waals surface area contributed by atoms with Crippen molar-refractivity contribution in [3.63, 3.8) is 0 Å². The number of ether oxygens (including phenoxy) is 1. The first-order valence-corrected chi connectivity index (χ1v) is 20.6. The summed E-state index contributed by atoms with van der Waals surface area (Å²) in [7, 11) is 0. The van der Waals surface area contributed by atoms with Gasteiger partial charge in [-0.15, -0.1) is 0 Å². The summed E-state index contributed by atoms with van der Waals surface area (Å²) in [5.74, 6) is 1.41. The number of allylic oxidation sites excluding steroid dienone is 1. The molecule has 10 nitrogen and oxygen atoms in total. The van der Waals surface area contributed by atoms with E-state index >= 15 is 0 Å². The van der Waals surface area contributed by atoms with Crippen LogP contribution in [0.1, 0.15) is 80.5 Å². The molecule has 0 saturated carbocycles. The van der Waals surface area contributed by atoms with Crippen LogP contribution in [0.15, 0.2) is 103 Å². The number of piperazine rings is 1. The Kier molecular flexibility index (Phi) is 10.3. The highest BCUT2D eigenvalue weighted by Crippen LogP contribution is 2.47. The lowest BCUT2D eigenvalue weighted by Gasteiger charge is -2.41. The number of hydrogen-bond donors (Lipinski definition) is 2. The zero-order valence-corrected chi connectivity index (χ0v) is 32.4. The molecule has 3 fully saturated rings. The van der Waals surface area contributed by atoms with Gasteiger partial charge in [-0.25, -0.2) is 0 Å². The Morgan fingerprint density at radius 1 is 0.754 bits per heavy atom. The van der Waals surface area contributed by atoms with Gasteiger partial charge in [-0.2, -0.15) is 0 Å². The number of rotatable bonds is 11. The maximum Gasteiger partial charge on any atom is 0.262 e. The predicted octanol–water partition coefficient (Wildman–Crippen LogP) is 6.17. The number of imide groups is 1. The first kappa shape index (κ1) is 37.1. The van der Waals surface area contributed by atoms with E-state index in [-0.39, 0.29) is 17.7 Å². The van der Waals surface area contributed by atoms with Crippen LogP contribution in [0.3, 0.4) is 0 Å². The summed E-state index contributed by atoms with van der Waals surface area (Å²) in [6, 6.07) is 30.0. The average molecular weight is 766 g/mol. The fourth-order valence-corrected chi connectivity index (χ4v) is 9.71. The van der Waals surface area contributed by atoms with Crippen molar-refractivity contribution in [3.05, 3.63) is 137 Å². The second-order valence-electron chi connectivity index (χ2n) is 16.4. The van der Waals surface area contributed by atoms with Crippen molar-refractivity contribution < 1.29 is 24.2 Å². The van der Waals surface area contributed by atoms with E-state index in [2.05, 4.69) is 87.3 Å². The quantitative estimate of drug-likeness (QED) is 0.175. The zero-order valence-electron chi connectivity index (χ0n) is 32.4. The van der Waals surface area contributed by atoms with Crippen LogP contribution in [0.5, 0.6) is 11.5 Å². The minimum atomic E-state index is -0.798. The van der Waals surface area contributed by atoms with E-state index in [9.17, 15) is 19.5 Å². The molecule has 10 heteroatoms. The number of phenols is 1. The number of carbonyl (C=O) groups excluding carboxylic acids is 3. The van der Waals surface area contributed by atoms with E-state index in [1.54, 1.807) is 6.07 Å². The van der Waals surface area contributed by atoms with Gasteiger partial charge >= 0.3 is 0 Å². The van der Waals surface area contributed by atoms with Gasteiger partial charge < -0.3 is 20.1 Å². The second-order valence-corrected chi connectivity index (χ2v) is 16.4. The van der Waals surface area contributed by atoms with Crippen molar-refractivity contribution >= 4 is 23.4 Å². The smallest absolute Gasteiger partial charge is 0.262 e. The highest BCUT2D eigenvalue weighted by molar-refractivity contribution is 6.23. The van der Waals surface area contributed by atoms with Crippen LogP contribution < -0.4 is 15.0 Å². The van der Waals surface area contributed by atoms with Gasteiger partial charge in [0.15, 0.2) is 0 Å². The van der Waals surface area contributed by atoms with Gasteiger partial charge in [0.1, 0.15) is 24.1 Å². The molecule has 0 aromatic heterocycles. The van der Waals surface area contributed by atoms with Gasteiger partial charge in [-0.3, -0.25) is 29.1 Å². The van der Waals surface area contributed by atoms with Crippen LogP contribution in [-0.2, 0) is 11.2 Å². The summed E-state index contributed by atoms with van der Waals surface area (Å²) in [5.41, 5.74) is 7.50. The van der Waals surface area contributed by atoms with Crippen LogP contribution in [0.25, 0.3) is 0 Å². The zero-order chi connectivity index (χ0) is 39.0. The topological polar surface area (TPSA) is 106 Å². The fourth-order valence-electron chi connectivity index (χ4n) is 9.71. The average Bonchev–Trinajstić information content (AvgIpc) is 3.46. The molecule has 4 aromatic rings. The van der Waals surface area contributed by atoms with Crippen LogP contribution in [0.4, 0.5) is 5.69 Å². The maximum absolute atomic E-state index is 13.4. The number of likely N-dealkylation sites (tertiary alicyclic amines) is 1. The van der Waals surface area contributed by atoms with Crippen molar-refractivity contribution in [1.82, 2.24) is 20.0 Å². The Morgan fingerprint density at radius 3 is 2.30 bits per heavy atom. The first-order valence-electron chi connectivity index (χ1n) is 20.6. The number of phenolic OH excluding ortho intramolecular Hbond substituents is 1. The number of piperidine rings is 1. The first-order chi connectivity index (χ1) is 27.8. The molecular formula is C47H51N5O5. The molecule has 1 unspecified atom stereocenters. The molecule has 0 radical (unpaired) electrons. The summed E-state index contributed by atoms with van der Waals surface area (Å²) >= 11 is 0. The number of aromatic hydroxyl groups is 1. The third kappa shape index (κ3) is 7.56. The summed E-state index contributed by atoms with van der Waals surface area (Å²) in [6.45, 7) is 12.3. The lowest BCUT2D eigenvalue weighted by Crippen LogP contribution is -2.51. The van der Waals surface area contributed by atoms with E-state index in [1.165, 1.54) is 28.7 Å². The van der Waals surface area contributed by atoms with E-state index in [0.717, 1.165) is 81.5 Å². The molecule has 57 heavy (non-hydrogen) atoms. The van der Waals surface area contributed by atoms with Crippen LogP contribution >= 0.6 is 0 Å². The molecule has 0 spiro atoms. The van der Waals surface area contributed by atoms with Gasteiger partial charge in [-0.1, -0.05) is 55.1 Å². The van der Waals surface area contributed by atoms with Gasteiger partial charge in [-0.05, 0) is 115 Å². The summed E-state index contributed by atoms with van der Waals surface area (Å²) < 4.78 is 6.22. The van der Waals surface area contributed by atoms with E-state index in [1.807, 2.05) is 24.3 Å². The van der Waals surface area contributed by atoms with Crippen molar-refractivity contribution in [1.29, 1.82) is 0 Å². The van der Waals surface area contributed by atoms with Gasteiger partial charge in [0.05, 0.1) is 11.1 Å². The van der Waals surface area contributed by atoms with Gasteiger partial charge in [0.25, 0.3) is 11.8 Å². The van der Waals surface area contributed by atoms with Crippen molar-refractivity contribution in [2.24, 2.45) is 5.92 Å². The second kappa shape index (κ2) is 15.8. The molecule has 1 aliphatic carbocycles. The standard InChI is InChI=1S/C47H51N5O5/c1-31-7-18-43(45(54)48-31)52-46(55)41-16-11-36(28-42(41)47(52)56)51-23-21-49(22-24-51)20-19-32-29-50(30-32)25-26-57-38-13-8-34(9-14-38)44-39(33-5-3-2-4-6-33)15-10-35-27-37(53)12-17-40(35)44/h2-6,8-9,11-14,16-17,27-28,32,39,43-44,53H,1,7,10,15,18-26,29-30H2,(H,48,54)/t39-,43?,44+/m0/s1. The lowest BCUT2D eigenvalue weighted by atomic mass is 9.69. The molecule has 294 valence electrons. The molecule has 3 saturated heterocycles. The Hall–Kier alpha value is -5.45. The third-order valence-electron chi connectivity index (χ3n) is 12.9. The Morgan fingerprint density at radius 2 is 1.53 bits per heavy atom. The number of amides is 3. The van der Waals surface area contributed by atoms with E-state index in [0.29, 0.717) is 53.9 Å². The number of nitrogens with one attached hydrogen (secondary N) is 1. The summed E-state index contributed by atoms with van der Waals surface area (Å²) in [6.07, 6.45) is 4.14.